The zero-order valence-corrected chi connectivity index (χ0v) is 29.5. The van der Waals surface area contributed by atoms with Crippen LogP contribution >= 0.6 is 0 Å². The van der Waals surface area contributed by atoms with Gasteiger partial charge in [0, 0.05) is 35.4 Å². The van der Waals surface area contributed by atoms with Crippen LogP contribution in [0, 0.1) is 13.8 Å². The van der Waals surface area contributed by atoms with E-state index in [9.17, 15) is 27.7 Å². The number of fused-ring (bicyclic) bond motifs is 2. The molecule has 4 aromatic carbocycles. The van der Waals surface area contributed by atoms with Crippen LogP contribution in [0.4, 0.5) is 34.6 Å². The second-order valence-corrected chi connectivity index (χ2v) is 12.7. The summed E-state index contributed by atoms with van der Waals surface area (Å²) < 4.78 is 36.9. The third kappa shape index (κ3) is 6.27. The smallest absolute Gasteiger partial charge is 0.744 e. The van der Waals surface area contributed by atoms with E-state index >= 15 is 0 Å². The summed E-state index contributed by atoms with van der Waals surface area (Å²) in [6, 6.07) is 21.2. The zero-order chi connectivity index (χ0) is 33.9. The van der Waals surface area contributed by atoms with Crippen molar-refractivity contribution in [1.82, 2.24) is 19.5 Å². The number of nitrogens with one attached hydrogen (secondary N) is 3. The average Bonchev–Trinajstić information content (AvgIpc) is 3.03. The van der Waals surface area contributed by atoms with Gasteiger partial charge in [-0.1, -0.05) is 36.4 Å². The number of anilines is 6. The Labute approximate surface area is 302 Å². The van der Waals surface area contributed by atoms with Gasteiger partial charge in [-0.15, -0.1) is 0 Å². The Hall–Kier alpha value is -5.12. The SMILES string of the molecule is Cc1ccc(S(=O)(=O)[O-])c(Nc2nc(O)nc(Nc3ccc(C)c(Nc4ccc5c6c(cc(=O)n5C)-c5ccccc5C(=O)c46)c3)n2)c1.[Na+]. The molecule has 6 aromatic rings. The van der Waals surface area contributed by atoms with Gasteiger partial charge >= 0.3 is 35.6 Å². The quantitative estimate of drug-likeness (QED) is 0.142. The molecule has 0 spiro atoms. The number of aryl methyl sites for hydroxylation is 3. The van der Waals surface area contributed by atoms with Crippen LogP contribution in [0.25, 0.3) is 22.0 Å². The van der Waals surface area contributed by atoms with Crippen molar-refractivity contribution in [3.05, 3.63) is 111 Å². The van der Waals surface area contributed by atoms with Crippen molar-refractivity contribution < 1.29 is 52.4 Å². The fourth-order valence-corrected chi connectivity index (χ4v) is 6.44. The fraction of sp³-hybridized carbons (Fsp3) is 0.0882. The van der Waals surface area contributed by atoms with E-state index in [2.05, 4.69) is 30.9 Å². The van der Waals surface area contributed by atoms with Gasteiger partial charge in [0.05, 0.1) is 27.4 Å². The Bertz CT molecular complexity index is 2520. The largest absolute Gasteiger partial charge is 1.00 e. The van der Waals surface area contributed by atoms with E-state index in [4.69, 9.17) is 0 Å². The summed E-state index contributed by atoms with van der Waals surface area (Å²) in [5.41, 5.74) is 5.99. The standard InChI is InChI=1S/C34H27N7O6S.Na/c1-17-8-13-27(48(45,46)47)25(14-17)37-33-38-32(39-34(44)40-33)35-19-10-9-18(2)24(15-19)36-23-11-12-26-29-22(16-28(42)41(26)3)20-6-4-5-7-21(20)31(43)30(23)29;/h4-16,36H,1-3H3,(H,45,46,47)(H3,35,37,38,39,40,44);/q;+1/p-1. The van der Waals surface area contributed by atoms with Crippen LogP contribution in [-0.4, -0.2) is 43.4 Å². The summed E-state index contributed by atoms with van der Waals surface area (Å²) in [5.74, 6) is -0.443. The van der Waals surface area contributed by atoms with Gasteiger partial charge in [0.25, 0.3) is 5.56 Å². The molecule has 0 amide bonds. The van der Waals surface area contributed by atoms with Crippen molar-refractivity contribution in [3.63, 3.8) is 0 Å². The number of pyridine rings is 1. The molecule has 4 N–H and O–H groups in total. The summed E-state index contributed by atoms with van der Waals surface area (Å²) in [5, 5.41) is 20.0. The van der Waals surface area contributed by atoms with Crippen LogP contribution < -0.4 is 51.1 Å². The third-order valence-electron chi connectivity index (χ3n) is 8.14. The Morgan fingerprint density at radius 1 is 0.755 bits per heavy atom. The Kier molecular flexibility index (Phi) is 8.77. The second kappa shape index (κ2) is 12.7. The normalized spacial score (nSPS) is 11.9. The summed E-state index contributed by atoms with van der Waals surface area (Å²) in [6.07, 6.45) is 0. The topological polar surface area (TPSA) is 191 Å². The Morgan fingerprint density at radius 3 is 2.20 bits per heavy atom. The number of ketones is 1. The van der Waals surface area contributed by atoms with Crippen molar-refractivity contribution in [2.45, 2.75) is 18.7 Å². The second-order valence-electron chi connectivity index (χ2n) is 11.4. The number of aromatic hydroxyl groups is 1. The minimum Gasteiger partial charge on any atom is -0.744 e. The molecule has 0 radical (unpaired) electrons. The van der Waals surface area contributed by atoms with Crippen LogP contribution in [-0.2, 0) is 17.2 Å². The number of hydrogen-bond donors (Lipinski definition) is 4. The van der Waals surface area contributed by atoms with Crippen molar-refractivity contribution >= 4 is 61.5 Å². The van der Waals surface area contributed by atoms with Crippen LogP contribution in [0.5, 0.6) is 6.01 Å². The third-order valence-corrected chi connectivity index (χ3v) is 9.03. The van der Waals surface area contributed by atoms with E-state index < -0.39 is 21.0 Å². The molecule has 0 atom stereocenters. The van der Waals surface area contributed by atoms with E-state index in [0.717, 1.165) is 5.56 Å². The van der Waals surface area contributed by atoms with Crippen molar-refractivity contribution in [1.29, 1.82) is 0 Å². The van der Waals surface area contributed by atoms with Gasteiger partial charge < -0.3 is 30.2 Å². The predicted molar refractivity (Wildman–Crippen MR) is 180 cm³/mol. The van der Waals surface area contributed by atoms with Gasteiger partial charge in [0.1, 0.15) is 10.1 Å². The molecule has 0 unspecified atom stereocenters. The first-order chi connectivity index (χ1) is 22.9. The van der Waals surface area contributed by atoms with Crippen LogP contribution in [0.15, 0.2) is 88.6 Å². The van der Waals surface area contributed by atoms with E-state index in [-0.39, 0.29) is 58.5 Å². The fourth-order valence-electron chi connectivity index (χ4n) is 5.82. The molecule has 0 bridgehead atoms. The van der Waals surface area contributed by atoms with Crippen molar-refractivity contribution in [2.24, 2.45) is 7.05 Å². The molecule has 1 aliphatic rings. The predicted octanol–water partition coefficient (Wildman–Crippen LogP) is 2.40. The Balaban J connectivity index is 0.00000417. The molecule has 0 fully saturated rings. The molecule has 49 heavy (non-hydrogen) atoms. The van der Waals surface area contributed by atoms with Gasteiger partial charge in [-0.05, 0) is 72.5 Å². The summed E-state index contributed by atoms with van der Waals surface area (Å²) in [6.45, 7) is 3.61. The molecule has 1 aliphatic carbocycles. The van der Waals surface area contributed by atoms with Crippen LogP contribution in [0.3, 0.4) is 0 Å². The maximum Gasteiger partial charge on any atom is 1.00 e. The molecule has 2 heterocycles. The number of carbonyl (C=O) groups is 1. The first-order valence-corrected chi connectivity index (χ1v) is 16.0. The van der Waals surface area contributed by atoms with Crippen LogP contribution in [0.1, 0.15) is 27.0 Å². The number of nitrogens with zero attached hydrogens (tertiary/aromatic N) is 4. The molecule has 13 nitrogen and oxygen atoms in total. The number of hydrogen-bond acceptors (Lipinski definition) is 12. The van der Waals surface area contributed by atoms with E-state index in [1.54, 1.807) is 50.4 Å². The molecule has 240 valence electrons. The number of aromatic nitrogens is 4. The monoisotopic (exact) mass is 683 g/mol. The van der Waals surface area contributed by atoms with Crippen molar-refractivity contribution in [2.75, 3.05) is 16.0 Å². The molecular weight excluding hydrogens is 657 g/mol. The first kappa shape index (κ1) is 33.8. The maximum atomic E-state index is 13.9. The molecular formula is C34H26N7NaO6S. The number of rotatable bonds is 7. The molecule has 0 aliphatic heterocycles. The molecule has 15 heteroatoms. The Morgan fingerprint density at radius 2 is 1.47 bits per heavy atom. The van der Waals surface area contributed by atoms with E-state index in [0.29, 0.717) is 55.8 Å². The zero-order valence-electron chi connectivity index (χ0n) is 26.7. The van der Waals surface area contributed by atoms with Crippen molar-refractivity contribution in [3.8, 4) is 17.1 Å². The maximum absolute atomic E-state index is 13.9. The molecule has 7 rings (SSSR count). The summed E-state index contributed by atoms with van der Waals surface area (Å²) in [7, 11) is -3.14. The molecule has 2 aromatic heterocycles. The van der Waals surface area contributed by atoms with Gasteiger partial charge in [-0.3, -0.25) is 9.59 Å². The summed E-state index contributed by atoms with van der Waals surface area (Å²) in [4.78, 5) is 38.3. The van der Waals surface area contributed by atoms with Gasteiger partial charge in [0.15, 0.2) is 5.78 Å². The number of carbonyl (C=O) groups excluding carboxylic acids is 1. The van der Waals surface area contributed by atoms with E-state index in [1.165, 1.54) is 22.8 Å². The molecule has 0 saturated carbocycles. The minimum absolute atomic E-state index is 0. The van der Waals surface area contributed by atoms with E-state index in [1.807, 2.05) is 31.2 Å². The minimum atomic E-state index is -4.82. The average molecular weight is 684 g/mol. The van der Waals surface area contributed by atoms with Crippen LogP contribution in [0.2, 0.25) is 0 Å². The van der Waals surface area contributed by atoms with Gasteiger partial charge in [0.2, 0.25) is 11.9 Å². The first-order valence-electron chi connectivity index (χ1n) is 14.6. The van der Waals surface area contributed by atoms with Gasteiger partial charge in [-0.2, -0.15) is 15.0 Å². The number of benzene rings is 4. The molecule has 0 saturated heterocycles. The summed E-state index contributed by atoms with van der Waals surface area (Å²) >= 11 is 0. The van der Waals surface area contributed by atoms with Gasteiger partial charge in [-0.25, -0.2) is 8.42 Å².